The third-order valence-corrected chi connectivity index (χ3v) is 4.86. The van der Waals surface area contributed by atoms with E-state index < -0.39 is 18.6 Å². The summed E-state index contributed by atoms with van der Waals surface area (Å²) in [5.74, 6) is -1.77. The normalized spacial score (nSPS) is 10.1. The predicted octanol–water partition coefficient (Wildman–Crippen LogP) is 4.11. The number of rotatable bonds is 7. The molecule has 0 fully saturated rings. The largest absolute Gasteiger partial charge is 0.496 e. The third kappa shape index (κ3) is 6.55. The number of benzene rings is 2. The van der Waals surface area contributed by atoms with E-state index in [2.05, 4.69) is 20.9 Å². The number of pyridine rings is 1. The first-order valence-electron chi connectivity index (χ1n) is 9.23. The maximum absolute atomic E-state index is 12.5. The lowest BCUT2D eigenvalue weighted by molar-refractivity contribution is -0.159. The van der Waals surface area contributed by atoms with E-state index in [4.69, 9.17) is 34.0 Å². The molecule has 170 valence electrons. The number of carboxylic acids is 2. The van der Waals surface area contributed by atoms with Crippen molar-refractivity contribution in [3.63, 3.8) is 0 Å². The number of aromatic nitrogens is 1. The second-order valence-electron chi connectivity index (χ2n) is 6.28. The van der Waals surface area contributed by atoms with Gasteiger partial charge in [-0.05, 0) is 57.2 Å². The van der Waals surface area contributed by atoms with E-state index in [0.717, 1.165) is 32.3 Å². The van der Waals surface area contributed by atoms with Gasteiger partial charge >= 0.3 is 11.9 Å². The van der Waals surface area contributed by atoms with Gasteiger partial charge in [0.15, 0.2) is 11.5 Å². The maximum atomic E-state index is 12.5. The predicted molar refractivity (Wildman–Crippen MR) is 119 cm³/mol. The molecule has 0 atom stereocenters. The number of carbonyl (C=O) groups is 2. The van der Waals surface area contributed by atoms with Gasteiger partial charge in [-0.1, -0.05) is 6.07 Å². The van der Waals surface area contributed by atoms with Crippen molar-refractivity contribution in [3.05, 3.63) is 58.3 Å². The van der Waals surface area contributed by atoms with Crippen LogP contribution >= 0.6 is 15.9 Å². The molecule has 0 amide bonds. The molecule has 10 heteroatoms. The summed E-state index contributed by atoms with van der Waals surface area (Å²) in [4.78, 5) is 22.7. The standard InChI is InChI=1S/C20H19BrFNO3.C2H2O4/c1-24-18-4-3-13(9-16(18)21)10-17-15-12-20(26-8-6-22)19(25-2)11-14(15)5-7-23-17;3-1(4)2(5)6/h3-5,7,9,11-12H,6,8,10H2,1-2H3;(H,3,4)(H,5,6). The van der Waals surface area contributed by atoms with Gasteiger partial charge < -0.3 is 24.4 Å². The van der Waals surface area contributed by atoms with Gasteiger partial charge in [0, 0.05) is 18.0 Å². The Kier molecular flexibility index (Phi) is 9.21. The SMILES string of the molecule is COc1ccc(Cc2nccc3cc(OC)c(OCCF)cc23)cc1Br.O=C(O)C(=O)O. The van der Waals surface area contributed by atoms with E-state index in [1.54, 1.807) is 20.4 Å². The molecule has 1 heterocycles. The average Bonchev–Trinajstić information content (AvgIpc) is 2.77. The van der Waals surface area contributed by atoms with Crippen LogP contribution in [0.1, 0.15) is 11.3 Å². The van der Waals surface area contributed by atoms with Crippen LogP contribution in [0.25, 0.3) is 10.8 Å². The van der Waals surface area contributed by atoms with Crippen LogP contribution in [0.15, 0.2) is 47.1 Å². The minimum absolute atomic E-state index is 0.0110. The number of ether oxygens (including phenoxy) is 3. The molecule has 0 aliphatic carbocycles. The van der Waals surface area contributed by atoms with Crippen LogP contribution in [-0.4, -0.2) is 54.6 Å². The first-order chi connectivity index (χ1) is 15.3. The van der Waals surface area contributed by atoms with Gasteiger partial charge in [-0.15, -0.1) is 0 Å². The summed E-state index contributed by atoms with van der Waals surface area (Å²) in [6.45, 7) is -0.566. The molecule has 3 aromatic rings. The number of halogens is 2. The molecule has 2 aromatic carbocycles. The van der Waals surface area contributed by atoms with Crippen molar-refractivity contribution in [2.75, 3.05) is 27.5 Å². The Bertz CT molecular complexity index is 1100. The zero-order valence-corrected chi connectivity index (χ0v) is 18.9. The second kappa shape index (κ2) is 11.8. The third-order valence-electron chi connectivity index (χ3n) is 4.24. The monoisotopic (exact) mass is 509 g/mol. The fourth-order valence-electron chi connectivity index (χ4n) is 2.82. The summed E-state index contributed by atoms with van der Waals surface area (Å²) in [6.07, 6.45) is 2.42. The molecule has 8 nitrogen and oxygen atoms in total. The van der Waals surface area contributed by atoms with E-state index in [1.165, 1.54) is 0 Å². The second-order valence-corrected chi connectivity index (χ2v) is 7.13. The van der Waals surface area contributed by atoms with E-state index in [0.29, 0.717) is 17.9 Å². The number of hydrogen-bond donors (Lipinski definition) is 2. The average molecular weight is 510 g/mol. The quantitative estimate of drug-likeness (QED) is 0.457. The molecular weight excluding hydrogens is 489 g/mol. The molecule has 0 spiro atoms. The summed E-state index contributed by atoms with van der Waals surface area (Å²) in [5.41, 5.74) is 2.01. The zero-order valence-electron chi connectivity index (χ0n) is 17.3. The number of alkyl halides is 1. The minimum Gasteiger partial charge on any atom is -0.496 e. The number of methoxy groups -OCH3 is 2. The van der Waals surface area contributed by atoms with Gasteiger partial charge in [0.1, 0.15) is 19.0 Å². The molecule has 3 rings (SSSR count). The summed E-state index contributed by atoms with van der Waals surface area (Å²) < 4.78 is 29.5. The number of nitrogens with zero attached hydrogens (tertiary/aromatic N) is 1. The topological polar surface area (TPSA) is 115 Å². The number of carboxylic acid groups (broad SMARTS) is 2. The molecular formula is C22H21BrFNO7. The molecule has 0 saturated heterocycles. The van der Waals surface area contributed by atoms with Gasteiger partial charge in [0.25, 0.3) is 0 Å². The molecule has 0 aliphatic rings. The van der Waals surface area contributed by atoms with E-state index in [1.807, 2.05) is 36.4 Å². The highest BCUT2D eigenvalue weighted by atomic mass is 79.9. The van der Waals surface area contributed by atoms with Crippen molar-refractivity contribution < 1.29 is 38.4 Å². The van der Waals surface area contributed by atoms with Crippen LogP contribution in [0.2, 0.25) is 0 Å². The Morgan fingerprint density at radius 3 is 2.25 bits per heavy atom. The summed E-state index contributed by atoms with van der Waals surface area (Å²) in [7, 11) is 3.21. The van der Waals surface area contributed by atoms with Crippen molar-refractivity contribution in [2.24, 2.45) is 0 Å². The van der Waals surface area contributed by atoms with E-state index in [9.17, 15) is 4.39 Å². The zero-order chi connectivity index (χ0) is 23.7. The Balaban J connectivity index is 0.000000534. The van der Waals surface area contributed by atoms with Crippen molar-refractivity contribution in [2.45, 2.75) is 6.42 Å². The Morgan fingerprint density at radius 1 is 1.00 bits per heavy atom. The van der Waals surface area contributed by atoms with E-state index in [-0.39, 0.29) is 6.61 Å². The number of hydrogen-bond acceptors (Lipinski definition) is 6. The lowest BCUT2D eigenvalue weighted by atomic mass is 10.0. The van der Waals surface area contributed by atoms with Crippen LogP contribution < -0.4 is 14.2 Å². The fraction of sp³-hybridized carbons (Fsp3) is 0.227. The van der Waals surface area contributed by atoms with Crippen molar-refractivity contribution in [1.82, 2.24) is 4.98 Å². The van der Waals surface area contributed by atoms with Crippen LogP contribution in [0.5, 0.6) is 17.2 Å². The number of aliphatic carboxylic acids is 2. The first-order valence-corrected chi connectivity index (χ1v) is 10.0. The Morgan fingerprint density at radius 2 is 1.69 bits per heavy atom. The highest BCUT2D eigenvalue weighted by molar-refractivity contribution is 9.10. The van der Waals surface area contributed by atoms with Crippen molar-refractivity contribution in [3.8, 4) is 17.2 Å². The molecule has 32 heavy (non-hydrogen) atoms. The number of fused-ring (bicyclic) bond motifs is 1. The fourth-order valence-corrected chi connectivity index (χ4v) is 3.40. The van der Waals surface area contributed by atoms with Crippen LogP contribution in [0.3, 0.4) is 0 Å². The highest BCUT2D eigenvalue weighted by Gasteiger charge is 2.12. The highest BCUT2D eigenvalue weighted by Crippen LogP contribution is 2.34. The molecule has 0 aliphatic heterocycles. The molecule has 0 unspecified atom stereocenters. The Hall–Kier alpha value is -3.40. The molecule has 0 bridgehead atoms. The van der Waals surface area contributed by atoms with Crippen molar-refractivity contribution >= 4 is 38.6 Å². The van der Waals surface area contributed by atoms with Gasteiger partial charge in [-0.2, -0.15) is 0 Å². The summed E-state index contributed by atoms with van der Waals surface area (Å²) in [6, 6.07) is 11.6. The van der Waals surface area contributed by atoms with Crippen LogP contribution in [-0.2, 0) is 16.0 Å². The Labute approximate surface area is 191 Å². The maximum Gasteiger partial charge on any atom is 0.414 e. The molecule has 2 N–H and O–H groups in total. The lowest BCUT2D eigenvalue weighted by Gasteiger charge is -2.13. The first kappa shape index (κ1) is 24.9. The lowest BCUT2D eigenvalue weighted by Crippen LogP contribution is -2.09. The van der Waals surface area contributed by atoms with Crippen molar-refractivity contribution in [1.29, 1.82) is 0 Å². The minimum atomic E-state index is -1.82. The molecule has 0 saturated carbocycles. The van der Waals surface area contributed by atoms with Crippen LogP contribution in [0.4, 0.5) is 4.39 Å². The smallest absolute Gasteiger partial charge is 0.414 e. The van der Waals surface area contributed by atoms with Gasteiger partial charge in [0.2, 0.25) is 0 Å². The molecule has 1 aromatic heterocycles. The van der Waals surface area contributed by atoms with Gasteiger partial charge in [-0.3, -0.25) is 4.98 Å². The van der Waals surface area contributed by atoms with E-state index >= 15 is 0 Å². The molecule has 0 radical (unpaired) electrons. The van der Waals surface area contributed by atoms with Crippen LogP contribution in [0, 0.1) is 0 Å². The van der Waals surface area contributed by atoms with Gasteiger partial charge in [-0.25, -0.2) is 14.0 Å². The summed E-state index contributed by atoms with van der Waals surface area (Å²) >= 11 is 3.51. The van der Waals surface area contributed by atoms with Gasteiger partial charge in [0.05, 0.1) is 24.4 Å². The summed E-state index contributed by atoms with van der Waals surface area (Å²) in [5, 5.41) is 16.7.